The number of carbonyl (C=O) groups excluding carboxylic acids is 1. The van der Waals surface area contributed by atoms with Crippen LogP contribution in [0.4, 0.5) is 19.1 Å². The molecule has 3 heterocycles. The molecule has 1 aliphatic heterocycles. The summed E-state index contributed by atoms with van der Waals surface area (Å²) >= 11 is 0. The molecule has 2 aromatic rings. The molecule has 37 heavy (non-hydrogen) atoms. The van der Waals surface area contributed by atoms with E-state index in [2.05, 4.69) is 10.2 Å². The molecule has 1 saturated heterocycles. The summed E-state index contributed by atoms with van der Waals surface area (Å²) in [5.74, 6) is -2.52. The maximum atomic E-state index is 13.3. The largest absolute Gasteiger partial charge is 0.490 e. The molecule has 0 atom stereocenters. The first-order chi connectivity index (χ1) is 17.3. The summed E-state index contributed by atoms with van der Waals surface area (Å²) in [7, 11) is 1.60. The third kappa shape index (κ3) is 7.44. The number of anilines is 1. The minimum atomic E-state index is -5.08. The Bertz CT molecular complexity index is 1270. The number of rotatable bonds is 7. The molecule has 0 amide bonds. The van der Waals surface area contributed by atoms with E-state index in [0.29, 0.717) is 23.7 Å². The molecule has 1 aliphatic rings. The van der Waals surface area contributed by atoms with Gasteiger partial charge < -0.3 is 24.6 Å². The van der Waals surface area contributed by atoms with Crippen LogP contribution < -0.4 is 21.5 Å². The topological polar surface area (TPSA) is 141 Å². The van der Waals surface area contributed by atoms with Crippen LogP contribution in [-0.2, 0) is 34.5 Å². The van der Waals surface area contributed by atoms with E-state index in [4.69, 9.17) is 19.6 Å². The van der Waals surface area contributed by atoms with Gasteiger partial charge in [0.05, 0.1) is 13.0 Å². The van der Waals surface area contributed by atoms with E-state index >= 15 is 0 Å². The Morgan fingerprint density at radius 3 is 2.27 bits per heavy atom. The van der Waals surface area contributed by atoms with Gasteiger partial charge in [-0.2, -0.15) is 18.2 Å². The Hall–Kier alpha value is -3.62. The number of ether oxygens (including phenoxy) is 1. The monoisotopic (exact) mass is 532 g/mol. The number of fused-ring (bicyclic) bond motifs is 1. The van der Waals surface area contributed by atoms with Crippen molar-refractivity contribution in [3.63, 3.8) is 0 Å². The number of aryl methyl sites for hydroxylation is 1. The molecule has 0 bridgehead atoms. The fourth-order valence-corrected chi connectivity index (χ4v) is 3.55. The Labute approximate surface area is 209 Å². The normalized spacial score (nSPS) is 13.6. The van der Waals surface area contributed by atoms with Crippen LogP contribution in [0.1, 0.15) is 27.2 Å². The standard InChI is InChI=1S/C20H30N6O4.C2HF3O2/c1-5-30-15(27)7-11-26-18(28)16-17(23(4)20(26)29)22-19(24-12-8-21-9-13-24)25(16)10-6-14(2)3;3-2(4,5)1(6)7/h6,21H,5,7-13H2,1-4H3;(H,6,7). The number of aliphatic carboxylic acids is 1. The lowest BCUT2D eigenvalue weighted by Crippen LogP contribution is -2.44. The first kappa shape index (κ1) is 29.6. The predicted octanol–water partition coefficient (Wildman–Crippen LogP) is 0.859. The average Bonchev–Trinajstić information content (AvgIpc) is 3.21. The number of carboxylic acids is 1. The van der Waals surface area contributed by atoms with Crippen molar-refractivity contribution in [2.45, 2.75) is 46.5 Å². The molecule has 1 fully saturated rings. The molecular weight excluding hydrogens is 501 g/mol. The van der Waals surface area contributed by atoms with Crippen LogP contribution in [0, 0.1) is 0 Å². The fourth-order valence-electron chi connectivity index (χ4n) is 3.55. The minimum absolute atomic E-state index is 0.0307. The van der Waals surface area contributed by atoms with Gasteiger partial charge in [0.1, 0.15) is 0 Å². The van der Waals surface area contributed by atoms with E-state index in [1.807, 2.05) is 24.5 Å². The molecule has 0 aromatic carbocycles. The van der Waals surface area contributed by atoms with E-state index < -0.39 is 29.4 Å². The Morgan fingerprint density at radius 1 is 1.16 bits per heavy atom. The number of aromatic nitrogens is 4. The van der Waals surface area contributed by atoms with Gasteiger partial charge in [-0.25, -0.2) is 9.59 Å². The van der Waals surface area contributed by atoms with E-state index in [-0.39, 0.29) is 19.6 Å². The first-order valence-electron chi connectivity index (χ1n) is 11.5. The number of piperazine rings is 1. The lowest BCUT2D eigenvalue weighted by molar-refractivity contribution is -0.192. The number of carboxylic acid groups (broad SMARTS) is 1. The number of imidazole rings is 1. The van der Waals surface area contributed by atoms with Gasteiger partial charge in [-0.15, -0.1) is 0 Å². The van der Waals surface area contributed by atoms with Crippen LogP contribution in [0.15, 0.2) is 21.2 Å². The molecule has 206 valence electrons. The van der Waals surface area contributed by atoms with Crippen LogP contribution >= 0.6 is 0 Å². The summed E-state index contributed by atoms with van der Waals surface area (Å²) in [6.07, 6.45) is -3.10. The van der Waals surface area contributed by atoms with Crippen LogP contribution in [0.3, 0.4) is 0 Å². The number of alkyl halides is 3. The smallest absolute Gasteiger partial charge is 0.475 e. The number of allylic oxidation sites excluding steroid dienone is 2. The second-order valence-electron chi connectivity index (χ2n) is 8.37. The SMILES string of the molecule is CCOC(=O)CCn1c(=O)c2c(nc(N3CCNCC3)n2CC=C(C)C)n(C)c1=O.O=C(O)C(F)(F)F. The molecule has 2 N–H and O–H groups in total. The van der Waals surface area contributed by atoms with Crippen LogP contribution in [-0.4, -0.2) is 74.7 Å². The molecule has 0 unspecified atom stereocenters. The van der Waals surface area contributed by atoms with Gasteiger partial charge in [0.2, 0.25) is 5.95 Å². The van der Waals surface area contributed by atoms with Crippen molar-refractivity contribution in [2.24, 2.45) is 7.05 Å². The lowest BCUT2D eigenvalue weighted by Gasteiger charge is -2.28. The van der Waals surface area contributed by atoms with Gasteiger partial charge in [0.25, 0.3) is 5.56 Å². The number of carbonyl (C=O) groups is 2. The zero-order valence-corrected chi connectivity index (χ0v) is 21.1. The van der Waals surface area contributed by atoms with Gasteiger partial charge in [-0.05, 0) is 20.8 Å². The number of nitrogens with zero attached hydrogens (tertiary/aromatic N) is 5. The fraction of sp³-hybridized carbons (Fsp3) is 0.591. The number of nitrogens with one attached hydrogen (secondary N) is 1. The molecule has 3 rings (SSSR count). The summed E-state index contributed by atoms with van der Waals surface area (Å²) in [6.45, 7) is 9.60. The molecule has 2 aromatic heterocycles. The lowest BCUT2D eigenvalue weighted by atomic mass is 10.3. The summed E-state index contributed by atoms with van der Waals surface area (Å²) in [6, 6.07) is 0. The van der Waals surface area contributed by atoms with Crippen molar-refractivity contribution < 1.29 is 32.6 Å². The maximum Gasteiger partial charge on any atom is 0.490 e. The van der Waals surface area contributed by atoms with Crippen LogP contribution in [0.2, 0.25) is 0 Å². The van der Waals surface area contributed by atoms with Crippen LogP contribution in [0.5, 0.6) is 0 Å². The van der Waals surface area contributed by atoms with Gasteiger partial charge in [-0.1, -0.05) is 11.6 Å². The van der Waals surface area contributed by atoms with Crippen molar-refractivity contribution in [1.29, 1.82) is 0 Å². The molecule has 12 nitrogen and oxygen atoms in total. The summed E-state index contributed by atoms with van der Waals surface area (Å²) in [4.78, 5) is 53.6. The molecule has 15 heteroatoms. The van der Waals surface area contributed by atoms with Crippen molar-refractivity contribution in [1.82, 2.24) is 24.0 Å². The molecule has 0 saturated carbocycles. The summed E-state index contributed by atoms with van der Waals surface area (Å²) in [5.41, 5.74) is 0.916. The molecule has 0 radical (unpaired) electrons. The maximum absolute atomic E-state index is 13.3. The van der Waals surface area contributed by atoms with E-state index in [0.717, 1.165) is 36.3 Å². The van der Waals surface area contributed by atoms with Gasteiger partial charge in [0.15, 0.2) is 11.2 Å². The Balaban J connectivity index is 0.000000604. The van der Waals surface area contributed by atoms with Crippen molar-refractivity contribution in [2.75, 3.05) is 37.7 Å². The van der Waals surface area contributed by atoms with Crippen molar-refractivity contribution in [3.8, 4) is 0 Å². The highest BCUT2D eigenvalue weighted by Crippen LogP contribution is 2.20. The second-order valence-corrected chi connectivity index (χ2v) is 8.37. The van der Waals surface area contributed by atoms with E-state index in [1.54, 1.807) is 14.0 Å². The first-order valence-corrected chi connectivity index (χ1v) is 11.5. The highest BCUT2D eigenvalue weighted by Gasteiger charge is 2.38. The minimum Gasteiger partial charge on any atom is -0.475 e. The molecular formula is C22H31F3N6O6. The number of esters is 1. The summed E-state index contributed by atoms with van der Waals surface area (Å²) in [5, 5.41) is 10.4. The van der Waals surface area contributed by atoms with Gasteiger partial charge in [-0.3, -0.25) is 18.7 Å². The van der Waals surface area contributed by atoms with Crippen molar-refractivity contribution in [3.05, 3.63) is 32.5 Å². The van der Waals surface area contributed by atoms with E-state index in [1.165, 1.54) is 4.57 Å². The number of hydrogen-bond acceptors (Lipinski definition) is 8. The number of hydrogen-bond donors (Lipinski definition) is 2. The average molecular weight is 533 g/mol. The summed E-state index contributed by atoms with van der Waals surface area (Å²) < 4.78 is 41.0. The Kier molecular flexibility index (Phi) is 10.1. The third-order valence-corrected chi connectivity index (χ3v) is 5.38. The zero-order chi connectivity index (χ0) is 27.9. The predicted molar refractivity (Wildman–Crippen MR) is 129 cm³/mol. The quantitative estimate of drug-likeness (QED) is 0.392. The number of halogens is 3. The Morgan fingerprint density at radius 2 is 1.76 bits per heavy atom. The second kappa shape index (κ2) is 12.6. The third-order valence-electron chi connectivity index (χ3n) is 5.38. The van der Waals surface area contributed by atoms with Gasteiger partial charge in [0, 0.05) is 46.3 Å². The molecule has 0 spiro atoms. The van der Waals surface area contributed by atoms with Crippen molar-refractivity contribution >= 4 is 29.1 Å². The zero-order valence-electron chi connectivity index (χ0n) is 21.1. The highest BCUT2D eigenvalue weighted by molar-refractivity contribution is 5.75. The van der Waals surface area contributed by atoms with Gasteiger partial charge >= 0.3 is 23.8 Å². The van der Waals surface area contributed by atoms with Crippen LogP contribution in [0.25, 0.3) is 11.2 Å². The highest BCUT2D eigenvalue weighted by atomic mass is 19.4. The molecule has 0 aliphatic carbocycles. The van der Waals surface area contributed by atoms with E-state index in [9.17, 15) is 27.6 Å².